The van der Waals surface area contributed by atoms with E-state index in [9.17, 15) is 0 Å². The molecule has 0 saturated carbocycles. The predicted octanol–water partition coefficient (Wildman–Crippen LogP) is 1.65. The molecule has 15 heavy (non-hydrogen) atoms. The molecule has 3 nitrogen and oxygen atoms in total. The van der Waals surface area contributed by atoms with E-state index < -0.39 is 0 Å². The van der Waals surface area contributed by atoms with Gasteiger partial charge in [-0.3, -0.25) is 4.99 Å². The fourth-order valence-electron chi connectivity index (χ4n) is 1.81. The molecular formula is C12H14N2O. The third kappa shape index (κ3) is 1.50. The summed E-state index contributed by atoms with van der Waals surface area (Å²) in [7, 11) is 1.77. The van der Waals surface area contributed by atoms with E-state index in [1.165, 1.54) is 0 Å². The Morgan fingerprint density at radius 3 is 2.93 bits per heavy atom. The van der Waals surface area contributed by atoms with Gasteiger partial charge in [0, 0.05) is 24.4 Å². The summed E-state index contributed by atoms with van der Waals surface area (Å²) in [4.78, 5) is 4.27. The zero-order valence-electron chi connectivity index (χ0n) is 8.95. The Balaban J connectivity index is 2.62. The number of nitrogens with zero attached hydrogens (tertiary/aromatic N) is 1. The Kier molecular flexibility index (Phi) is 2.46. The van der Waals surface area contributed by atoms with Crippen LogP contribution >= 0.6 is 0 Å². The summed E-state index contributed by atoms with van der Waals surface area (Å²) in [5.74, 6) is 0.920. The SMILES string of the molecule is CN=C1C(=CN)COc2c(C)cccc21. The van der Waals surface area contributed by atoms with Crippen LogP contribution in [0.4, 0.5) is 0 Å². The van der Waals surface area contributed by atoms with Crippen LogP contribution in [-0.2, 0) is 0 Å². The van der Waals surface area contributed by atoms with Crippen molar-refractivity contribution in [3.63, 3.8) is 0 Å². The number of aliphatic imine (C=N–C) groups is 1. The van der Waals surface area contributed by atoms with Gasteiger partial charge in [0.05, 0.1) is 5.71 Å². The molecule has 0 fully saturated rings. The highest BCUT2D eigenvalue weighted by Gasteiger charge is 2.21. The van der Waals surface area contributed by atoms with Crippen LogP contribution in [0.1, 0.15) is 11.1 Å². The van der Waals surface area contributed by atoms with Crippen LogP contribution in [0.2, 0.25) is 0 Å². The second-order valence-electron chi connectivity index (χ2n) is 3.50. The van der Waals surface area contributed by atoms with Crippen LogP contribution in [-0.4, -0.2) is 19.4 Å². The monoisotopic (exact) mass is 202 g/mol. The summed E-state index contributed by atoms with van der Waals surface area (Å²) >= 11 is 0. The van der Waals surface area contributed by atoms with Gasteiger partial charge >= 0.3 is 0 Å². The molecule has 0 radical (unpaired) electrons. The molecule has 2 N–H and O–H groups in total. The molecule has 0 amide bonds. The van der Waals surface area contributed by atoms with Gasteiger partial charge in [0.1, 0.15) is 12.4 Å². The molecular weight excluding hydrogens is 188 g/mol. The molecule has 0 spiro atoms. The fraction of sp³-hybridized carbons (Fsp3) is 0.250. The third-order valence-electron chi connectivity index (χ3n) is 2.57. The molecule has 3 heteroatoms. The largest absolute Gasteiger partial charge is 0.488 e. The number of ether oxygens (including phenoxy) is 1. The highest BCUT2D eigenvalue weighted by Crippen LogP contribution is 2.30. The number of benzene rings is 1. The molecule has 1 aromatic carbocycles. The summed E-state index contributed by atoms with van der Waals surface area (Å²) in [6.45, 7) is 2.53. The topological polar surface area (TPSA) is 47.6 Å². The van der Waals surface area contributed by atoms with Crippen molar-refractivity contribution in [1.82, 2.24) is 0 Å². The molecule has 78 valence electrons. The summed E-state index contributed by atoms with van der Waals surface area (Å²) in [6, 6.07) is 6.04. The standard InChI is InChI=1S/C12H14N2O/c1-8-4-3-5-10-11(14-2)9(6-13)7-15-12(8)10/h3-6H,7,13H2,1-2H3. The Bertz CT molecular complexity index is 447. The zero-order valence-corrected chi connectivity index (χ0v) is 8.95. The van der Waals surface area contributed by atoms with Crippen molar-refractivity contribution in [2.45, 2.75) is 6.92 Å². The molecule has 1 aliphatic heterocycles. The van der Waals surface area contributed by atoms with Crippen molar-refractivity contribution in [3.8, 4) is 5.75 Å². The van der Waals surface area contributed by atoms with E-state index in [4.69, 9.17) is 10.5 Å². The van der Waals surface area contributed by atoms with Gasteiger partial charge in [0.15, 0.2) is 0 Å². The molecule has 0 bridgehead atoms. The van der Waals surface area contributed by atoms with E-state index in [0.29, 0.717) is 6.61 Å². The van der Waals surface area contributed by atoms with E-state index in [0.717, 1.165) is 28.2 Å². The lowest BCUT2D eigenvalue weighted by Gasteiger charge is -2.22. The summed E-state index contributed by atoms with van der Waals surface area (Å²) in [6.07, 6.45) is 1.56. The van der Waals surface area contributed by atoms with E-state index in [1.54, 1.807) is 13.2 Å². The first-order valence-corrected chi connectivity index (χ1v) is 4.88. The van der Waals surface area contributed by atoms with Crippen molar-refractivity contribution < 1.29 is 4.74 Å². The summed E-state index contributed by atoms with van der Waals surface area (Å²) in [5.41, 5.74) is 9.57. The number of aryl methyl sites for hydroxylation is 1. The smallest absolute Gasteiger partial charge is 0.132 e. The van der Waals surface area contributed by atoms with Crippen molar-refractivity contribution in [3.05, 3.63) is 41.1 Å². The van der Waals surface area contributed by atoms with Crippen molar-refractivity contribution in [2.24, 2.45) is 10.7 Å². The molecule has 1 aliphatic rings. The van der Waals surface area contributed by atoms with Gasteiger partial charge in [-0.05, 0) is 18.6 Å². The normalized spacial score (nSPS) is 20.1. The van der Waals surface area contributed by atoms with Crippen LogP contribution in [0.3, 0.4) is 0 Å². The molecule has 0 atom stereocenters. The fourth-order valence-corrected chi connectivity index (χ4v) is 1.81. The molecule has 0 aliphatic carbocycles. The molecule has 2 rings (SSSR count). The van der Waals surface area contributed by atoms with Gasteiger partial charge in [-0.15, -0.1) is 0 Å². The lowest BCUT2D eigenvalue weighted by Crippen LogP contribution is -2.21. The minimum Gasteiger partial charge on any atom is -0.488 e. The average Bonchev–Trinajstić information content (AvgIpc) is 2.28. The molecule has 0 aromatic heterocycles. The van der Waals surface area contributed by atoms with Gasteiger partial charge in [0.25, 0.3) is 0 Å². The molecule has 1 heterocycles. The lowest BCUT2D eigenvalue weighted by atomic mass is 9.98. The van der Waals surface area contributed by atoms with Crippen molar-refractivity contribution in [1.29, 1.82) is 0 Å². The maximum absolute atomic E-state index is 5.66. The van der Waals surface area contributed by atoms with E-state index in [1.807, 2.05) is 25.1 Å². The Labute approximate surface area is 89.3 Å². The lowest BCUT2D eigenvalue weighted by molar-refractivity contribution is 0.348. The average molecular weight is 202 g/mol. The maximum Gasteiger partial charge on any atom is 0.132 e. The molecule has 1 aromatic rings. The Morgan fingerprint density at radius 2 is 2.27 bits per heavy atom. The van der Waals surface area contributed by atoms with Gasteiger partial charge in [0.2, 0.25) is 0 Å². The highest BCUT2D eigenvalue weighted by atomic mass is 16.5. The number of hydrogen-bond acceptors (Lipinski definition) is 3. The second kappa shape index (κ2) is 3.77. The summed E-state index contributed by atoms with van der Waals surface area (Å²) in [5, 5.41) is 0. The number of para-hydroxylation sites is 1. The van der Waals surface area contributed by atoms with Crippen molar-refractivity contribution >= 4 is 5.71 Å². The minimum absolute atomic E-state index is 0.501. The first-order valence-electron chi connectivity index (χ1n) is 4.88. The number of nitrogens with two attached hydrogens (primary N) is 1. The number of rotatable bonds is 0. The van der Waals surface area contributed by atoms with E-state index >= 15 is 0 Å². The first-order chi connectivity index (χ1) is 7.27. The van der Waals surface area contributed by atoms with Crippen LogP contribution in [0, 0.1) is 6.92 Å². The zero-order chi connectivity index (χ0) is 10.8. The number of fused-ring (bicyclic) bond motifs is 1. The van der Waals surface area contributed by atoms with Crippen LogP contribution in [0.5, 0.6) is 5.75 Å². The maximum atomic E-state index is 5.66. The third-order valence-corrected chi connectivity index (χ3v) is 2.57. The van der Waals surface area contributed by atoms with Crippen LogP contribution in [0.15, 0.2) is 35.0 Å². The minimum atomic E-state index is 0.501. The van der Waals surface area contributed by atoms with E-state index in [-0.39, 0.29) is 0 Å². The van der Waals surface area contributed by atoms with Gasteiger partial charge in [-0.25, -0.2) is 0 Å². The molecule has 0 unspecified atom stereocenters. The van der Waals surface area contributed by atoms with Crippen LogP contribution < -0.4 is 10.5 Å². The number of hydrogen-bond donors (Lipinski definition) is 1. The van der Waals surface area contributed by atoms with Crippen molar-refractivity contribution in [2.75, 3.05) is 13.7 Å². The van der Waals surface area contributed by atoms with Crippen LogP contribution in [0.25, 0.3) is 0 Å². The first kappa shape index (κ1) is 9.77. The van der Waals surface area contributed by atoms with Gasteiger partial charge in [-0.1, -0.05) is 12.1 Å². The Morgan fingerprint density at radius 1 is 1.47 bits per heavy atom. The quantitative estimate of drug-likeness (QED) is 0.695. The van der Waals surface area contributed by atoms with Gasteiger partial charge < -0.3 is 10.5 Å². The molecule has 0 saturated heterocycles. The second-order valence-corrected chi connectivity index (χ2v) is 3.50. The van der Waals surface area contributed by atoms with Gasteiger partial charge in [-0.2, -0.15) is 0 Å². The Hall–Kier alpha value is -1.77. The predicted molar refractivity (Wildman–Crippen MR) is 61.4 cm³/mol. The highest BCUT2D eigenvalue weighted by molar-refractivity contribution is 6.15. The van der Waals surface area contributed by atoms with E-state index in [2.05, 4.69) is 4.99 Å². The summed E-state index contributed by atoms with van der Waals surface area (Å²) < 4.78 is 5.66.